The second-order valence-corrected chi connectivity index (χ2v) is 7.45. The Kier molecular flexibility index (Phi) is 4.94. The van der Waals surface area contributed by atoms with Crippen LogP contribution in [0.2, 0.25) is 0 Å². The fourth-order valence-corrected chi connectivity index (χ4v) is 3.85. The first-order valence-corrected chi connectivity index (χ1v) is 9.63. The van der Waals surface area contributed by atoms with Gasteiger partial charge in [0.25, 0.3) is 0 Å². The Hall–Kier alpha value is -2.66. The Morgan fingerprint density at radius 3 is 2.96 bits per heavy atom. The third-order valence-corrected chi connectivity index (χ3v) is 5.35. The first-order chi connectivity index (χ1) is 13.1. The number of nitrogens with one attached hydrogen (secondary N) is 1. The zero-order chi connectivity index (χ0) is 18.8. The molecular weight excluding hydrogens is 336 g/mol. The number of nitrogens with zero attached hydrogens (tertiary/aromatic N) is 3. The number of fused-ring (bicyclic) bond motifs is 2. The summed E-state index contributed by atoms with van der Waals surface area (Å²) in [6.07, 6.45) is 6.03. The van der Waals surface area contributed by atoms with Gasteiger partial charge in [-0.15, -0.1) is 0 Å². The molecule has 1 aromatic carbocycles. The van der Waals surface area contributed by atoms with Gasteiger partial charge in [0.1, 0.15) is 5.65 Å². The minimum absolute atomic E-state index is 0.0645. The average Bonchev–Trinajstić information content (AvgIpc) is 3.24. The summed E-state index contributed by atoms with van der Waals surface area (Å²) in [6, 6.07) is 12.3. The molecule has 1 N–H and O–H groups in total. The molecule has 0 bridgehead atoms. The highest BCUT2D eigenvalue weighted by Crippen LogP contribution is 2.25. The Bertz CT molecular complexity index is 976. The number of carbonyl (C=O) groups is 1. The van der Waals surface area contributed by atoms with Crippen molar-refractivity contribution in [3.8, 4) is 0 Å². The lowest BCUT2D eigenvalue weighted by Crippen LogP contribution is -2.25. The third-order valence-electron chi connectivity index (χ3n) is 5.35. The number of anilines is 1. The van der Waals surface area contributed by atoms with Crippen LogP contribution in [0.15, 0.2) is 42.6 Å². The van der Waals surface area contributed by atoms with Crippen molar-refractivity contribution >= 4 is 17.2 Å². The van der Waals surface area contributed by atoms with Gasteiger partial charge < -0.3 is 14.6 Å². The fourth-order valence-electron chi connectivity index (χ4n) is 3.85. The second kappa shape index (κ2) is 7.53. The van der Waals surface area contributed by atoms with Crippen LogP contribution in [0.4, 0.5) is 5.69 Å². The largest absolute Gasteiger partial charge is 0.326 e. The summed E-state index contributed by atoms with van der Waals surface area (Å²) in [5.41, 5.74) is 6.90. The number of rotatable bonds is 6. The van der Waals surface area contributed by atoms with E-state index in [9.17, 15) is 4.79 Å². The van der Waals surface area contributed by atoms with E-state index in [1.807, 2.05) is 44.4 Å². The monoisotopic (exact) mass is 362 g/mol. The minimum Gasteiger partial charge on any atom is -0.326 e. The number of aromatic nitrogens is 2. The van der Waals surface area contributed by atoms with E-state index in [0.717, 1.165) is 36.4 Å². The van der Waals surface area contributed by atoms with Crippen molar-refractivity contribution in [2.24, 2.45) is 0 Å². The molecule has 2 heterocycles. The highest BCUT2D eigenvalue weighted by atomic mass is 16.1. The van der Waals surface area contributed by atoms with Crippen LogP contribution < -0.4 is 5.32 Å². The number of carbonyl (C=O) groups excluding carboxylic acids is 1. The third kappa shape index (κ3) is 3.88. The molecule has 5 nitrogen and oxygen atoms in total. The molecule has 0 saturated heterocycles. The molecule has 27 heavy (non-hydrogen) atoms. The molecule has 5 heteroatoms. The van der Waals surface area contributed by atoms with Crippen LogP contribution in [-0.2, 0) is 24.2 Å². The molecule has 3 aromatic rings. The first kappa shape index (κ1) is 17.7. The predicted molar refractivity (Wildman–Crippen MR) is 108 cm³/mol. The van der Waals surface area contributed by atoms with Crippen molar-refractivity contribution in [1.29, 1.82) is 0 Å². The smallest absolute Gasteiger partial charge is 0.225 e. The van der Waals surface area contributed by atoms with Gasteiger partial charge in [-0.25, -0.2) is 4.98 Å². The van der Waals surface area contributed by atoms with Crippen LogP contribution in [0.25, 0.3) is 5.65 Å². The number of imidazole rings is 1. The van der Waals surface area contributed by atoms with Crippen molar-refractivity contribution in [2.45, 2.75) is 39.2 Å². The van der Waals surface area contributed by atoms with Gasteiger partial charge in [0, 0.05) is 31.4 Å². The molecule has 0 unspecified atom stereocenters. The molecule has 0 spiro atoms. The molecule has 0 fully saturated rings. The van der Waals surface area contributed by atoms with E-state index in [4.69, 9.17) is 0 Å². The molecule has 140 valence electrons. The van der Waals surface area contributed by atoms with Crippen LogP contribution in [0.1, 0.15) is 35.4 Å². The molecule has 2 aromatic heterocycles. The lowest BCUT2D eigenvalue weighted by Gasteiger charge is -2.17. The number of hydrogen-bond donors (Lipinski definition) is 1. The van der Waals surface area contributed by atoms with Gasteiger partial charge in [0.15, 0.2) is 0 Å². The Balaban J connectivity index is 1.33. The topological polar surface area (TPSA) is 49.6 Å². The van der Waals surface area contributed by atoms with Crippen molar-refractivity contribution < 1.29 is 4.79 Å². The fraction of sp³-hybridized carbons (Fsp3) is 0.364. The van der Waals surface area contributed by atoms with Crippen molar-refractivity contribution in [3.05, 3.63) is 65.1 Å². The van der Waals surface area contributed by atoms with Gasteiger partial charge in [-0.2, -0.15) is 0 Å². The number of hydrogen-bond acceptors (Lipinski definition) is 3. The summed E-state index contributed by atoms with van der Waals surface area (Å²) in [5, 5.41) is 3.04. The van der Waals surface area contributed by atoms with Gasteiger partial charge in [0.05, 0.1) is 11.4 Å². The predicted octanol–water partition coefficient (Wildman–Crippen LogP) is 3.59. The molecule has 0 aliphatic heterocycles. The number of benzene rings is 1. The lowest BCUT2D eigenvalue weighted by molar-refractivity contribution is -0.116. The Labute approximate surface area is 160 Å². The minimum atomic E-state index is 0.0645. The normalized spacial score (nSPS) is 13.3. The summed E-state index contributed by atoms with van der Waals surface area (Å²) >= 11 is 0. The molecule has 0 radical (unpaired) electrons. The van der Waals surface area contributed by atoms with E-state index in [-0.39, 0.29) is 5.91 Å². The van der Waals surface area contributed by atoms with E-state index in [1.165, 1.54) is 23.2 Å². The number of pyridine rings is 1. The number of amides is 1. The van der Waals surface area contributed by atoms with Crippen LogP contribution in [-0.4, -0.2) is 33.8 Å². The summed E-state index contributed by atoms with van der Waals surface area (Å²) < 4.78 is 2.12. The van der Waals surface area contributed by atoms with Gasteiger partial charge in [-0.05, 0) is 68.6 Å². The molecule has 0 saturated carbocycles. The van der Waals surface area contributed by atoms with Gasteiger partial charge in [-0.3, -0.25) is 4.79 Å². The van der Waals surface area contributed by atoms with Crippen LogP contribution >= 0.6 is 0 Å². The van der Waals surface area contributed by atoms with E-state index >= 15 is 0 Å². The molecular formula is C22H26N4O. The standard InChI is InChI=1S/C22H26N4O/c1-16-20(26-12-4-3-8-21(26)23-16)15-25(2)13-11-22(27)24-19-10-9-17-6-5-7-18(17)14-19/h3-4,8-10,12,14H,5-7,11,13,15H2,1-2H3,(H,24,27). The molecule has 0 atom stereocenters. The van der Waals surface area contributed by atoms with Crippen LogP contribution in [0.5, 0.6) is 0 Å². The van der Waals surface area contributed by atoms with E-state index in [2.05, 4.69) is 31.7 Å². The van der Waals surface area contributed by atoms with E-state index < -0.39 is 0 Å². The highest BCUT2D eigenvalue weighted by Gasteiger charge is 2.14. The van der Waals surface area contributed by atoms with Crippen molar-refractivity contribution in [3.63, 3.8) is 0 Å². The SMILES string of the molecule is Cc1nc2ccccn2c1CN(C)CCC(=O)Nc1ccc2c(c1)CCC2. The molecule has 4 rings (SSSR count). The van der Waals surface area contributed by atoms with E-state index in [0.29, 0.717) is 13.0 Å². The van der Waals surface area contributed by atoms with Crippen molar-refractivity contribution in [2.75, 3.05) is 18.9 Å². The lowest BCUT2D eigenvalue weighted by atomic mass is 10.1. The Morgan fingerprint density at radius 2 is 2.07 bits per heavy atom. The summed E-state index contributed by atoms with van der Waals surface area (Å²) in [4.78, 5) is 19.1. The summed E-state index contributed by atoms with van der Waals surface area (Å²) in [7, 11) is 2.05. The maximum Gasteiger partial charge on any atom is 0.225 e. The van der Waals surface area contributed by atoms with Crippen LogP contribution in [0, 0.1) is 6.92 Å². The van der Waals surface area contributed by atoms with Crippen LogP contribution in [0.3, 0.4) is 0 Å². The van der Waals surface area contributed by atoms with Gasteiger partial charge >= 0.3 is 0 Å². The van der Waals surface area contributed by atoms with Gasteiger partial charge in [-0.1, -0.05) is 12.1 Å². The molecule has 1 aliphatic carbocycles. The first-order valence-electron chi connectivity index (χ1n) is 9.63. The maximum atomic E-state index is 12.3. The van der Waals surface area contributed by atoms with E-state index in [1.54, 1.807) is 0 Å². The molecule has 1 amide bonds. The Morgan fingerprint density at radius 1 is 1.22 bits per heavy atom. The second-order valence-electron chi connectivity index (χ2n) is 7.45. The summed E-state index contributed by atoms with van der Waals surface area (Å²) in [6.45, 7) is 3.51. The quantitative estimate of drug-likeness (QED) is 0.729. The van der Waals surface area contributed by atoms with Crippen molar-refractivity contribution in [1.82, 2.24) is 14.3 Å². The zero-order valence-corrected chi connectivity index (χ0v) is 16.0. The highest BCUT2D eigenvalue weighted by molar-refractivity contribution is 5.91. The number of aryl methyl sites for hydroxylation is 3. The molecule has 1 aliphatic rings. The zero-order valence-electron chi connectivity index (χ0n) is 16.0. The average molecular weight is 362 g/mol. The van der Waals surface area contributed by atoms with Gasteiger partial charge in [0.2, 0.25) is 5.91 Å². The summed E-state index contributed by atoms with van der Waals surface area (Å²) in [5.74, 6) is 0.0645. The maximum absolute atomic E-state index is 12.3.